The van der Waals surface area contributed by atoms with Crippen molar-refractivity contribution < 1.29 is 24.2 Å². The highest BCUT2D eigenvalue weighted by Gasteiger charge is 2.27. The van der Waals surface area contributed by atoms with Crippen LogP contribution >= 0.6 is 0 Å². The van der Waals surface area contributed by atoms with E-state index in [4.69, 9.17) is 14.6 Å². The maximum atomic E-state index is 11.7. The van der Waals surface area contributed by atoms with Gasteiger partial charge in [0.1, 0.15) is 12.6 Å². The number of amides is 1. The Hall–Kier alpha value is -2.08. The number of carbonyl (C=O) groups excluding carboxylic acids is 1. The van der Waals surface area contributed by atoms with Gasteiger partial charge in [0.25, 0.3) is 0 Å². The maximum Gasteiger partial charge on any atom is 0.408 e. The smallest absolute Gasteiger partial charge is 0.408 e. The van der Waals surface area contributed by atoms with Gasteiger partial charge in [0, 0.05) is 13.0 Å². The number of rotatable bonds is 6. The summed E-state index contributed by atoms with van der Waals surface area (Å²) >= 11 is 0. The topological polar surface area (TPSA) is 84.9 Å². The fraction of sp³-hybridized carbons (Fsp3) is 0.467. The fourth-order valence-electron chi connectivity index (χ4n) is 2.22. The number of alkyl carbamates (subject to hydrolysis) is 1. The van der Waals surface area contributed by atoms with Crippen molar-refractivity contribution in [3.05, 3.63) is 35.9 Å². The van der Waals surface area contributed by atoms with Crippen molar-refractivity contribution >= 4 is 12.1 Å². The highest BCUT2D eigenvalue weighted by Crippen LogP contribution is 2.17. The van der Waals surface area contributed by atoms with Crippen LogP contribution in [-0.2, 0) is 20.9 Å². The molecular weight excluding hydrogens is 274 g/mol. The van der Waals surface area contributed by atoms with E-state index in [-0.39, 0.29) is 19.1 Å². The number of aliphatic carboxylic acids is 1. The van der Waals surface area contributed by atoms with Crippen molar-refractivity contribution in [3.8, 4) is 0 Å². The number of benzene rings is 1. The van der Waals surface area contributed by atoms with E-state index in [0.29, 0.717) is 6.61 Å². The second-order valence-corrected chi connectivity index (χ2v) is 4.97. The summed E-state index contributed by atoms with van der Waals surface area (Å²) in [5.41, 5.74) is 0.846. The van der Waals surface area contributed by atoms with Crippen molar-refractivity contribution in [2.24, 2.45) is 0 Å². The molecule has 0 radical (unpaired) electrons. The fourth-order valence-corrected chi connectivity index (χ4v) is 2.22. The molecule has 1 heterocycles. The minimum Gasteiger partial charge on any atom is -0.480 e. The van der Waals surface area contributed by atoms with Crippen LogP contribution in [0.1, 0.15) is 24.8 Å². The average Bonchev–Trinajstić information content (AvgIpc) is 2.98. The van der Waals surface area contributed by atoms with E-state index < -0.39 is 18.1 Å². The second kappa shape index (κ2) is 7.64. The van der Waals surface area contributed by atoms with Crippen LogP contribution in [0.25, 0.3) is 0 Å². The Morgan fingerprint density at radius 1 is 1.38 bits per heavy atom. The molecule has 1 unspecified atom stereocenters. The molecule has 2 atom stereocenters. The Bertz CT molecular complexity index is 470. The van der Waals surface area contributed by atoms with Crippen LogP contribution < -0.4 is 5.32 Å². The van der Waals surface area contributed by atoms with Gasteiger partial charge >= 0.3 is 12.1 Å². The van der Waals surface area contributed by atoms with Gasteiger partial charge in [0.05, 0.1) is 6.10 Å². The maximum absolute atomic E-state index is 11.7. The number of carboxylic acids is 1. The zero-order valence-electron chi connectivity index (χ0n) is 11.7. The molecule has 1 aromatic rings. The molecule has 6 heteroatoms. The average molecular weight is 293 g/mol. The molecule has 6 nitrogen and oxygen atoms in total. The molecule has 114 valence electrons. The van der Waals surface area contributed by atoms with Gasteiger partial charge in [-0.25, -0.2) is 9.59 Å². The predicted molar refractivity (Wildman–Crippen MR) is 74.8 cm³/mol. The summed E-state index contributed by atoms with van der Waals surface area (Å²) in [6.45, 7) is 0.758. The summed E-state index contributed by atoms with van der Waals surface area (Å²) in [4.78, 5) is 22.8. The molecule has 21 heavy (non-hydrogen) atoms. The minimum atomic E-state index is -1.08. The predicted octanol–water partition coefficient (Wildman–Crippen LogP) is 1.94. The number of hydrogen-bond acceptors (Lipinski definition) is 4. The largest absolute Gasteiger partial charge is 0.480 e. The van der Waals surface area contributed by atoms with E-state index >= 15 is 0 Å². The number of carboxylic acid groups (broad SMARTS) is 1. The lowest BCUT2D eigenvalue weighted by molar-refractivity contribution is -0.140. The van der Waals surface area contributed by atoms with Gasteiger partial charge in [0.2, 0.25) is 0 Å². The Kier molecular flexibility index (Phi) is 5.57. The molecule has 1 saturated heterocycles. The molecule has 1 aliphatic rings. The van der Waals surface area contributed by atoms with Crippen molar-refractivity contribution in [2.75, 3.05) is 6.61 Å². The molecule has 0 aromatic heterocycles. The van der Waals surface area contributed by atoms with Crippen LogP contribution in [0.3, 0.4) is 0 Å². The second-order valence-electron chi connectivity index (χ2n) is 4.97. The molecule has 1 aromatic carbocycles. The van der Waals surface area contributed by atoms with Crippen LogP contribution in [0.2, 0.25) is 0 Å². The zero-order valence-corrected chi connectivity index (χ0v) is 11.7. The molecular formula is C15H19NO5. The van der Waals surface area contributed by atoms with Crippen molar-refractivity contribution in [3.63, 3.8) is 0 Å². The van der Waals surface area contributed by atoms with Gasteiger partial charge in [-0.15, -0.1) is 0 Å². The van der Waals surface area contributed by atoms with Gasteiger partial charge in [0.15, 0.2) is 0 Å². The highest BCUT2D eigenvalue weighted by molar-refractivity contribution is 5.79. The Morgan fingerprint density at radius 3 is 2.76 bits per heavy atom. The van der Waals surface area contributed by atoms with Crippen LogP contribution in [0.5, 0.6) is 0 Å². The third kappa shape index (κ3) is 5.07. The lowest BCUT2D eigenvalue weighted by Crippen LogP contribution is -2.43. The van der Waals surface area contributed by atoms with Gasteiger partial charge in [-0.3, -0.25) is 0 Å². The number of ether oxygens (including phenoxy) is 2. The van der Waals surface area contributed by atoms with Crippen molar-refractivity contribution in [1.82, 2.24) is 5.32 Å². The van der Waals surface area contributed by atoms with Crippen molar-refractivity contribution in [2.45, 2.75) is 38.0 Å². The molecule has 2 N–H and O–H groups in total. The van der Waals surface area contributed by atoms with Gasteiger partial charge in [-0.2, -0.15) is 0 Å². The summed E-state index contributed by atoms with van der Waals surface area (Å²) < 4.78 is 10.4. The molecule has 0 aliphatic carbocycles. The first-order valence-corrected chi connectivity index (χ1v) is 6.97. The monoisotopic (exact) mass is 293 g/mol. The minimum absolute atomic E-state index is 0.110. The number of hydrogen-bond donors (Lipinski definition) is 2. The third-order valence-corrected chi connectivity index (χ3v) is 3.33. The molecule has 0 spiro atoms. The van der Waals surface area contributed by atoms with Gasteiger partial charge < -0.3 is 19.9 Å². The van der Waals surface area contributed by atoms with Gasteiger partial charge in [-0.05, 0) is 18.4 Å². The summed E-state index contributed by atoms with van der Waals surface area (Å²) in [6, 6.07) is 8.22. The first kappa shape index (κ1) is 15.3. The lowest BCUT2D eigenvalue weighted by atomic mass is 10.1. The number of nitrogens with one attached hydrogen (secondary N) is 1. The summed E-state index contributed by atoms with van der Waals surface area (Å²) in [5.74, 6) is -1.08. The van der Waals surface area contributed by atoms with E-state index in [2.05, 4.69) is 5.32 Å². The quantitative estimate of drug-likeness (QED) is 0.837. The summed E-state index contributed by atoms with van der Waals surface area (Å²) in [7, 11) is 0. The first-order chi connectivity index (χ1) is 10.1. The van der Waals surface area contributed by atoms with Gasteiger partial charge in [-0.1, -0.05) is 30.3 Å². The Labute approximate surface area is 123 Å². The third-order valence-electron chi connectivity index (χ3n) is 3.33. The van der Waals surface area contributed by atoms with E-state index in [1.165, 1.54) is 0 Å². The van der Waals surface area contributed by atoms with Crippen LogP contribution in [0.15, 0.2) is 30.3 Å². The van der Waals surface area contributed by atoms with E-state index in [1.807, 2.05) is 30.3 Å². The molecule has 2 rings (SSSR count). The SMILES string of the molecule is O=C(NC(C[C@H]1CCCO1)C(=O)O)OCc1ccccc1. The molecule has 1 fully saturated rings. The first-order valence-electron chi connectivity index (χ1n) is 6.97. The normalized spacial score (nSPS) is 19.0. The van der Waals surface area contributed by atoms with E-state index in [0.717, 1.165) is 18.4 Å². The Morgan fingerprint density at radius 2 is 2.14 bits per heavy atom. The highest BCUT2D eigenvalue weighted by atomic mass is 16.5. The zero-order chi connectivity index (χ0) is 15.1. The standard InChI is InChI=1S/C15H19NO5/c17-14(18)13(9-12-7-4-8-20-12)16-15(19)21-10-11-5-2-1-3-6-11/h1-3,5-6,12-13H,4,7-10H2,(H,16,19)(H,17,18)/t12-,13?/m1/s1. The van der Waals surface area contributed by atoms with Crippen LogP contribution in [0, 0.1) is 0 Å². The molecule has 1 amide bonds. The summed E-state index contributed by atoms with van der Waals surface area (Å²) in [5, 5.41) is 11.5. The van der Waals surface area contributed by atoms with Crippen LogP contribution in [-0.4, -0.2) is 35.9 Å². The van der Waals surface area contributed by atoms with E-state index in [9.17, 15) is 9.59 Å². The molecule has 0 saturated carbocycles. The van der Waals surface area contributed by atoms with Crippen molar-refractivity contribution in [1.29, 1.82) is 0 Å². The molecule has 0 bridgehead atoms. The number of carbonyl (C=O) groups is 2. The Balaban J connectivity index is 1.79. The lowest BCUT2D eigenvalue weighted by Gasteiger charge is -2.17. The molecule has 1 aliphatic heterocycles. The summed E-state index contributed by atoms with van der Waals surface area (Å²) in [6.07, 6.45) is 1.17. The van der Waals surface area contributed by atoms with Crippen LogP contribution in [0.4, 0.5) is 4.79 Å². The van der Waals surface area contributed by atoms with E-state index in [1.54, 1.807) is 0 Å².